The lowest BCUT2D eigenvalue weighted by Gasteiger charge is -2.43. The van der Waals surface area contributed by atoms with Crippen molar-refractivity contribution in [3.05, 3.63) is 24.0 Å². The lowest BCUT2D eigenvalue weighted by atomic mass is 9.72. The molecule has 0 N–H and O–H groups in total. The Morgan fingerprint density at radius 1 is 1.48 bits per heavy atom. The summed E-state index contributed by atoms with van der Waals surface area (Å²) >= 11 is 0. The maximum absolute atomic E-state index is 13.1. The van der Waals surface area contributed by atoms with E-state index in [-0.39, 0.29) is 5.78 Å². The van der Waals surface area contributed by atoms with Gasteiger partial charge in [0.05, 0.1) is 18.3 Å². The van der Waals surface area contributed by atoms with Gasteiger partial charge >= 0.3 is 0 Å². The molecule has 2 atom stereocenters. The molecule has 1 aromatic heterocycles. The molecular formula is C17H26N2O2. The van der Waals surface area contributed by atoms with E-state index in [0.717, 1.165) is 19.3 Å². The van der Waals surface area contributed by atoms with E-state index in [2.05, 4.69) is 16.8 Å². The fourth-order valence-corrected chi connectivity index (χ4v) is 3.40. The number of aromatic nitrogens is 1. The van der Waals surface area contributed by atoms with Gasteiger partial charge in [-0.3, -0.25) is 14.7 Å². The predicted octanol–water partition coefficient (Wildman–Crippen LogP) is 3.17. The Bertz CT molecular complexity index is 501. The average molecular weight is 290 g/mol. The Morgan fingerprint density at radius 3 is 2.86 bits per heavy atom. The highest BCUT2D eigenvalue weighted by molar-refractivity contribution is 6.03. The number of carbonyl (C=O) groups excluding carboxylic acids is 1. The van der Waals surface area contributed by atoms with Crippen LogP contribution in [0.2, 0.25) is 0 Å². The van der Waals surface area contributed by atoms with Crippen LogP contribution in [0.4, 0.5) is 0 Å². The first-order valence-corrected chi connectivity index (χ1v) is 7.79. The molecule has 0 aromatic carbocycles. The maximum atomic E-state index is 13.1. The molecular weight excluding hydrogens is 264 g/mol. The molecule has 116 valence electrons. The summed E-state index contributed by atoms with van der Waals surface area (Å²) < 4.78 is 5.47. The molecule has 0 saturated heterocycles. The smallest absolute Gasteiger partial charge is 0.184 e. The molecule has 0 spiro atoms. The number of hydrogen-bond donors (Lipinski definition) is 0. The fraction of sp³-hybridized carbons (Fsp3) is 0.647. The van der Waals surface area contributed by atoms with E-state index < -0.39 is 5.54 Å². The zero-order valence-electron chi connectivity index (χ0n) is 13.6. The summed E-state index contributed by atoms with van der Waals surface area (Å²) in [7, 11) is 4.02. The van der Waals surface area contributed by atoms with E-state index in [1.165, 1.54) is 6.42 Å². The summed E-state index contributed by atoms with van der Waals surface area (Å²) in [6.07, 6.45) is 7.46. The minimum atomic E-state index is -0.399. The second kappa shape index (κ2) is 6.56. The van der Waals surface area contributed by atoms with Crippen molar-refractivity contribution in [2.45, 2.75) is 45.1 Å². The van der Waals surface area contributed by atoms with Crippen molar-refractivity contribution < 1.29 is 9.53 Å². The number of hydrogen-bond acceptors (Lipinski definition) is 4. The second-order valence-corrected chi connectivity index (χ2v) is 6.30. The zero-order valence-corrected chi connectivity index (χ0v) is 13.6. The Morgan fingerprint density at radius 2 is 2.24 bits per heavy atom. The number of carbonyl (C=O) groups is 1. The standard InChI is InChI=1S/C17H26N2O2/c1-5-21-15-9-14(11-18-12-15)16(20)17(19(3)4)8-6-7-13(2)10-17/h9,11-13H,5-8,10H2,1-4H3. The number of nitrogens with zero attached hydrogens (tertiary/aromatic N) is 2. The van der Waals surface area contributed by atoms with Crippen molar-refractivity contribution in [1.29, 1.82) is 0 Å². The summed E-state index contributed by atoms with van der Waals surface area (Å²) in [6.45, 7) is 4.74. The fourth-order valence-electron chi connectivity index (χ4n) is 3.40. The number of ether oxygens (including phenoxy) is 1. The van der Waals surface area contributed by atoms with Crippen LogP contribution in [0.5, 0.6) is 5.75 Å². The van der Waals surface area contributed by atoms with Crippen molar-refractivity contribution in [2.24, 2.45) is 5.92 Å². The predicted molar refractivity (Wildman–Crippen MR) is 83.8 cm³/mol. The Hall–Kier alpha value is -1.42. The summed E-state index contributed by atoms with van der Waals surface area (Å²) in [5, 5.41) is 0. The zero-order chi connectivity index (χ0) is 15.5. The molecule has 21 heavy (non-hydrogen) atoms. The highest BCUT2D eigenvalue weighted by atomic mass is 16.5. The van der Waals surface area contributed by atoms with Gasteiger partial charge in [0.2, 0.25) is 0 Å². The highest BCUT2D eigenvalue weighted by Gasteiger charge is 2.43. The van der Waals surface area contributed by atoms with Gasteiger partial charge in [-0.05, 0) is 45.8 Å². The minimum Gasteiger partial charge on any atom is -0.492 e. The van der Waals surface area contributed by atoms with Crippen molar-refractivity contribution in [1.82, 2.24) is 9.88 Å². The van der Waals surface area contributed by atoms with Gasteiger partial charge in [0.25, 0.3) is 0 Å². The minimum absolute atomic E-state index is 0.174. The third-order valence-corrected chi connectivity index (χ3v) is 4.54. The summed E-state index contributed by atoms with van der Waals surface area (Å²) in [5.41, 5.74) is 0.258. The van der Waals surface area contributed by atoms with Crippen molar-refractivity contribution in [3.8, 4) is 5.75 Å². The van der Waals surface area contributed by atoms with Gasteiger partial charge in [-0.1, -0.05) is 19.8 Å². The van der Waals surface area contributed by atoms with Crippen LogP contribution in [0.25, 0.3) is 0 Å². The summed E-state index contributed by atoms with van der Waals surface area (Å²) in [6, 6.07) is 1.82. The maximum Gasteiger partial charge on any atom is 0.184 e. The van der Waals surface area contributed by atoms with E-state index in [0.29, 0.717) is 23.8 Å². The van der Waals surface area contributed by atoms with E-state index in [1.807, 2.05) is 27.1 Å². The van der Waals surface area contributed by atoms with Gasteiger partial charge in [0.1, 0.15) is 5.75 Å². The molecule has 0 amide bonds. The first-order chi connectivity index (χ1) is 9.99. The average Bonchev–Trinajstić information content (AvgIpc) is 2.47. The van der Waals surface area contributed by atoms with Gasteiger partial charge in [-0.25, -0.2) is 0 Å². The van der Waals surface area contributed by atoms with E-state index in [1.54, 1.807) is 12.4 Å². The molecule has 1 aliphatic rings. The Balaban J connectivity index is 2.32. The number of pyridine rings is 1. The summed E-state index contributed by atoms with van der Waals surface area (Å²) in [4.78, 5) is 19.4. The van der Waals surface area contributed by atoms with Gasteiger partial charge in [-0.15, -0.1) is 0 Å². The van der Waals surface area contributed by atoms with E-state index in [9.17, 15) is 4.79 Å². The van der Waals surface area contributed by atoms with Crippen LogP contribution in [0.1, 0.15) is 49.9 Å². The van der Waals surface area contributed by atoms with Crippen LogP contribution in [-0.2, 0) is 0 Å². The molecule has 0 aliphatic heterocycles. The molecule has 1 fully saturated rings. The van der Waals surface area contributed by atoms with Crippen LogP contribution in [0, 0.1) is 5.92 Å². The van der Waals surface area contributed by atoms with Crippen LogP contribution < -0.4 is 4.74 Å². The van der Waals surface area contributed by atoms with Gasteiger partial charge in [0.15, 0.2) is 5.78 Å². The molecule has 2 rings (SSSR count). The van der Waals surface area contributed by atoms with Crippen molar-refractivity contribution in [2.75, 3.05) is 20.7 Å². The summed E-state index contributed by atoms with van der Waals surface area (Å²) in [5.74, 6) is 1.42. The quantitative estimate of drug-likeness (QED) is 0.781. The van der Waals surface area contributed by atoms with E-state index >= 15 is 0 Å². The first kappa shape index (κ1) is 16.0. The molecule has 1 aliphatic carbocycles. The lowest BCUT2D eigenvalue weighted by molar-refractivity contribution is 0.0485. The van der Waals surface area contributed by atoms with Crippen LogP contribution >= 0.6 is 0 Å². The molecule has 1 heterocycles. The molecule has 4 heteroatoms. The van der Waals surface area contributed by atoms with Gasteiger partial charge in [-0.2, -0.15) is 0 Å². The third-order valence-electron chi connectivity index (χ3n) is 4.54. The largest absolute Gasteiger partial charge is 0.492 e. The highest BCUT2D eigenvalue weighted by Crippen LogP contribution is 2.38. The van der Waals surface area contributed by atoms with Crippen molar-refractivity contribution >= 4 is 5.78 Å². The number of ketones is 1. The van der Waals surface area contributed by atoms with Gasteiger partial charge < -0.3 is 4.74 Å². The third kappa shape index (κ3) is 3.26. The molecule has 0 bridgehead atoms. The van der Waals surface area contributed by atoms with Crippen molar-refractivity contribution in [3.63, 3.8) is 0 Å². The molecule has 2 unspecified atom stereocenters. The van der Waals surface area contributed by atoms with Gasteiger partial charge in [0, 0.05) is 11.8 Å². The molecule has 1 aromatic rings. The molecule has 4 nitrogen and oxygen atoms in total. The molecule has 1 saturated carbocycles. The molecule has 0 radical (unpaired) electrons. The van der Waals surface area contributed by atoms with Crippen LogP contribution in [-0.4, -0.2) is 41.9 Å². The van der Waals surface area contributed by atoms with Crippen LogP contribution in [0.3, 0.4) is 0 Å². The van der Waals surface area contributed by atoms with Crippen LogP contribution in [0.15, 0.2) is 18.5 Å². The second-order valence-electron chi connectivity index (χ2n) is 6.30. The number of likely N-dealkylation sites (N-methyl/N-ethyl adjacent to an activating group) is 1. The normalized spacial score (nSPS) is 25.9. The monoisotopic (exact) mass is 290 g/mol. The topological polar surface area (TPSA) is 42.4 Å². The SMILES string of the molecule is CCOc1cncc(C(=O)C2(N(C)C)CCCC(C)C2)c1. The Kier molecular flexibility index (Phi) is 4.99. The first-order valence-electron chi connectivity index (χ1n) is 7.79. The lowest BCUT2D eigenvalue weighted by Crippen LogP contribution is -2.53. The Labute approximate surface area is 127 Å². The number of rotatable bonds is 5. The number of Topliss-reactive ketones (excluding diaryl/α,β-unsaturated/α-hetero) is 1. The van der Waals surface area contributed by atoms with E-state index in [4.69, 9.17) is 4.74 Å².